The number of aryl methyl sites for hydroxylation is 1. The first-order valence-corrected chi connectivity index (χ1v) is 6.92. The average Bonchev–Trinajstić information content (AvgIpc) is 2.43. The van der Waals surface area contributed by atoms with Crippen molar-refractivity contribution in [2.24, 2.45) is 0 Å². The van der Waals surface area contributed by atoms with Gasteiger partial charge in [0.2, 0.25) is 5.91 Å². The van der Waals surface area contributed by atoms with Crippen molar-refractivity contribution in [1.82, 2.24) is 0 Å². The number of carbonyl (C=O) groups excluding carboxylic acids is 1. The molecule has 0 heterocycles. The number of hydrogen-bond acceptors (Lipinski definition) is 2. The van der Waals surface area contributed by atoms with E-state index in [1.165, 1.54) is 5.56 Å². The lowest BCUT2D eigenvalue weighted by molar-refractivity contribution is -0.116. The molecule has 0 aliphatic heterocycles. The van der Waals surface area contributed by atoms with Gasteiger partial charge in [0.1, 0.15) is 0 Å². The molecule has 0 saturated carbocycles. The molecule has 3 N–H and O–H groups in total. The fraction of sp³-hybridized carbons (Fsp3) is 0.188. The van der Waals surface area contributed by atoms with Crippen LogP contribution in [-0.2, 0) is 11.2 Å². The largest absolute Gasteiger partial charge is 0.399 e. The molecule has 0 fully saturated rings. The smallest absolute Gasteiger partial charge is 0.224 e. The Hall–Kier alpha value is -2.00. The minimum absolute atomic E-state index is 0.0346. The first-order chi connectivity index (χ1) is 9.65. The summed E-state index contributed by atoms with van der Waals surface area (Å²) in [5, 5.41) is 3.26. The number of carbonyl (C=O) groups is 1. The molecule has 1 amide bonds. The highest BCUT2D eigenvalue weighted by Crippen LogP contribution is 2.24. The zero-order chi connectivity index (χ0) is 14.4. The first-order valence-electron chi connectivity index (χ1n) is 6.54. The summed E-state index contributed by atoms with van der Waals surface area (Å²) in [6.07, 6.45) is 2.17. The van der Waals surface area contributed by atoms with Gasteiger partial charge in [-0.1, -0.05) is 41.9 Å². The van der Waals surface area contributed by atoms with Gasteiger partial charge in [-0.05, 0) is 36.6 Å². The number of benzene rings is 2. The van der Waals surface area contributed by atoms with E-state index >= 15 is 0 Å². The number of anilines is 2. The van der Waals surface area contributed by atoms with Crippen LogP contribution in [0.3, 0.4) is 0 Å². The summed E-state index contributed by atoms with van der Waals surface area (Å²) < 4.78 is 0. The van der Waals surface area contributed by atoms with Crippen molar-refractivity contribution >= 4 is 28.9 Å². The minimum atomic E-state index is -0.0346. The Labute approximate surface area is 123 Å². The number of rotatable bonds is 5. The molecule has 4 heteroatoms. The Morgan fingerprint density at radius 1 is 1.15 bits per heavy atom. The average molecular weight is 289 g/mol. The van der Waals surface area contributed by atoms with E-state index in [0.29, 0.717) is 22.8 Å². The summed E-state index contributed by atoms with van der Waals surface area (Å²) >= 11 is 6.01. The summed E-state index contributed by atoms with van der Waals surface area (Å²) in [5.41, 5.74) is 8.03. The summed E-state index contributed by atoms with van der Waals surface area (Å²) in [6.45, 7) is 0. The molecule has 0 saturated heterocycles. The number of nitrogens with one attached hydrogen (secondary N) is 1. The van der Waals surface area contributed by atoms with E-state index in [9.17, 15) is 4.79 Å². The van der Waals surface area contributed by atoms with Crippen LogP contribution in [0.15, 0.2) is 48.5 Å². The fourth-order valence-electron chi connectivity index (χ4n) is 1.94. The lowest BCUT2D eigenvalue weighted by atomic mass is 10.1. The van der Waals surface area contributed by atoms with Crippen molar-refractivity contribution in [2.75, 3.05) is 11.1 Å². The lowest BCUT2D eigenvalue weighted by Gasteiger charge is -2.08. The maximum Gasteiger partial charge on any atom is 0.224 e. The Morgan fingerprint density at radius 3 is 2.60 bits per heavy atom. The molecule has 2 rings (SSSR count). The maximum absolute atomic E-state index is 11.8. The molecule has 0 unspecified atom stereocenters. The van der Waals surface area contributed by atoms with Crippen LogP contribution >= 0.6 is 11.6 Å². The van der Waals surface area contributed by atoms with E-state index in [4.69, 9.17) is 17.3 Å². The van der Waals surface area contributed by atoms with Crippen LogP contribution in [0.25, 0.3) is 0 Å². The molecule has 0 bridgehead atoms. The summed E-state index contributed by atoms with van der Waals surface area (Å²) in [7, 11) is 0. The topological polar surface area (TPSA) is 55.1 Å². The molecule has 104 valence electrons. The quantitative estimate of drug-likeness (QED) is 0.820. The second-order valence-electron chi connectivity index (χ2n) is 4.63. The third kappa shape index (κ3) is 4.28. The predicted octanol–water partition coefficient (Wildman–Crippen LogP) is 3.88. The number of nitrogen functional groups attached to an aromatic ring is 1. The summed E-state index contributed by atoms with van der Waals surface area (Å²) in [4.78, 5) is 11.8. The Balaban J connectivity index is 1.81. The molecular weight excluding hydrogens is 272 g/mol. The van der Waals surface area contributed by atoms with E-state index in [-0.39, 0.29) is 5.91 Å². The molecule has 0 aromatic heterocycles. The second kappa shape index (κ2) is 6.96. The van der Waals surface area contributed by atoms with Crippen molar-refractivity contribution in [3.8, 4) is 0 Å². The van der Waals surface area contributed by atoms with E-state index < -0.39 is 0 Å². The van der Waals surface area contributed by atoms with E-state index in [1.54, 1.807) is 18.2 Å². The van der Waals surface area contributed by atoms with E-state index in [0.717, 1.165) is 12.8 Å². The van der Waals surface area contributed by atoms with Gasteiger partial charge in [0, 0.05) is 12.1 Å². The van der Waals surface area contributed by atoms with Crippen molar-refractivity contribution in [3.63, 3.8) is 0 Å². The molecule has 0 spiro atoms. The van der Waals surface area contributed by atoms with E-state index in [2.05, 4.69) is 17.4 Å². The Kier molecular flexibility index (Phi) is 5.02. The highest BCUT2D eigenvalue weighted by atomic mass is 35.5. The van der Waals surface area contributed by atoms with Gasteiger partial charge >= 0.3 is 0 Å². The predicted molar refractivity (Wildman–Crippen MR) is 83.9 cm³/mol. The van der Waals surface area contributed by atoms with Crippen LogP contribution < -0.4 is 11.1 Å². The van der Waals surface area contributed by atoms with E-state index in [1.807, 2.05) is 18.2 Å². The van der Waals surface area contributed by atoms with Gasteiger partial charge in [-0.3, -0.25) is 4.79 Å². The van der Waals surface area contributed by atoms with Crippen LogP contribution in [-0.4, -0.2) is 5.91 Å². The van der Waals surface area contributed by atoms with Gasteiger partial charge in [-0.25, -0.2) is 0 Å². The van der Waals surface area contributed by atoms with Crippen molar-refractivity contribution in [2.45, 2.75) is 19.3 Å². The SMILES string of the molecule is Nc1ccc(NC(=O)CCCc2ccccc2)c(Cl)c1. The maximum atomic E-state index is 11.8. The minimum Gasteiger partial charge on any atom is -0.399 e. The normalized spacial score (nSPS) is 10.2. The zero-order valence-corrected chi connectivity index (χ0v) is 11.9. The third-order valence-corrected chi connectivity index (χ3v) is 3.29. The molecule has 20 heavy (non-hydrogen) atoms. The van der Waals surface area contributed by atoms with Gasteiger partial charge in [-0.2, -0.15) is 0 Å². The molecule has 0 aliphatic carbocycles. The highest BCUT2D eigenvalue weighted by molar-refractivity contribution is 6.34. The number of amides is 1. The Morgan fingerprint density at radius 2 is 1.90 bits per heavy atom. The summed E-state index contributed by atoms with van der Waals surface area (Å²) in [5.74, 6) is -0.0346. The van der Waals surface area contributed by atoms with Gasteiger partial charge in [0.15, 0.2) is 0 Å². The molecule has 2 aromatic carbocycles. The van der Waals surface area contributed by atoms with Gasteiger partial charge in [0.05, 0.1) is 10.7 Å². The standard InChI is InChI=1S/C16H17ClN2O/c17-14-11-13(18)9-10-15(14)19-16(20)8-4-7-12-5-2-1-3-6-12/h1-3,5-6,9-11H,4,7-8,18H2,(H,19,20). The third-order valence-electron chi connectivity index (χ3n) is 2.98. The number of nitrogens with two attached hydrogens (primary N) is 1. The van der Waals surface area contributed by atoms with Gasteiger partial charge < -0.3 is 11.1 Å². The van der Waals surface area contributed by atoms with Crippen LogP contribution in [0.1, 0.15) is 18.4 Å². The molecule has 0 radical (unpaired) electrons. The van der Waals surface area contributed by atoms with Gasteiger partial charge in [0.25, 0.3) is 0 Å². The molecule has 3 nitrogen and oxygen atoms in total. The first kappa shape index (κ1) is 14.4. The van der Waals surface area contributed by atoms with Crippen LogP contribution in [0.5, 0.6) is 0 Å². The molecular formula is C16H17ClN2O. The van der Waals surface area contributed by atoms with Crippen molar-refractivity contribution in [3.05, 3.63) is 59.1 Å². The fourth-order valence-corrected chi connectivity index (χ4v) is 2.18. The Bertz CT molecular complexity index is 584. The number of hydrogen-bond donors (Lipinski definition) is 2. The molecule has 2 aromatic rings. The van der Waals surface area contributed by atoms with Crippen molar-refractivity contribution < 1.29 is 4.79 Å². The highest BCUT2D eigenvalue weighted by Gasteiger charge is 2.06. The van der Waals surface area contributed by atoms with Crippen LogP contribution in [0.4, 0.5) is 11.4 Å². The molecule has 0 atom stereocenters. The monoisotopic (exact) mass is 288 g/mol. The number of halogens is 1. The molecule has 0 aliphatic rings. The zero-order valence-electron chi connectivity index (χ0n) is 11.1. The van der Waals surface area contributed by atoms with Gasteiger partial charge in [-0.15, -0.1) is 0 Å². The summed E-state index contributed by atoms with van der Waals surface area (Å²) in [6, 6.07) is 15.2. The lowest BCUT2D eigenvalue weighted by Crippen LogP contribution is -2.12. The second-order valence-corrected chi connectivity index (χ2v) is 5.03. The van der Waals surface area contributed by atoms with Crippen LogP contribution in [0.2, 0.25) is 5.02 Å². The van der Waals surface area contributed by atoms with Crippen molar-refractivity contribution in [1.29, 1.82) is 0 Å². The van der Waals surface area contributed by atoms with Crippen LogP contribution in [0, 0.1) is 0 Å².